The van der Waals surface area contributed by atoms with Crippen LogP contribution in [0.4, 0.5) is 0 Å². The maximum absolute atomic E-state index is 3.84. The maximum Gasteiger partial charge on any atom is 0.0455 e. The van der Waals surface area contributed by atoms with Gasteiger partial charge in [-0.2, -0.15) is 0 Å². The molecule has 3 heteroatoms. The summed E-state index contributed by atoms with van der Waals surface area (Å²) < 4.78 is 1.02. The fraction of sp³-hybridized carbons (Fsp3) is 0.0714. The van der Waals surface area contributed by atoms with E-state index in [2.05, 4.69) is 57.1 Å². The third kappa shape index (κ3) is 3.43. The van der Waals surface area contributed by atoms with Crippen LogP contribution in [0.25, 0.3) is 10.9 Å². The molecule has 1 N–H and O–H groups in total. The Morgan fingerprint density at radius 1 is 1.12 bits per heavy atom. The molecule has 2 nitrogen and oxygen atoms in total. The molecule has 0 saturated heterocycles. The smallest absolute Gasteiger partial charge is 0.0455 e. The fourth-order valence-corrected chi connectivity index (χ4v) is 1.83. The molecule has 1 aromatic carbocycles. The summed E-state index contributed by atoms with van der Waals surface area (Å²) in [6.07, 6.45) is 3.49. The van der Waals surface area contributed by atoms with Gasteiger partial charge in [-0.1, -0.05) is 18.2 Å². The summed E-state index contributed by atoms with van der Waals surface area (Å²) in [5.74, 6) is 0. The van der Waals surface area contributed by atoms with E-state index in [1.807, 2.05) is 18.2 Å². The summed E-state index contributed by atoms with van der Waals surface area (Å²) in [6, 6.07) is 14.3. The minimum Gasteiger partial charge on any atom is -0.359 e. The van der Waals surface area contributed by atoms with Crippen LogP contribution in [0.3, 0.4) is 0 Å². The minimum atomic E-state index is 1.02. The van der Waals surface area contributed by atoms with E-state index in [9.17, 15) is 0 Å². The van der Waals surface area contributed by atoms with Gasteiger partial charge in [-0.25, -0.2) is 0 Å². The number of halogens is 1. The molecule has 17 heavy (non-hydrogen) atoms. The lowest BCUT2D eigenvalue weighted by Gasteiger charge is -1.83. The molecule has 0 aliphatic heterocycles. The molecule has 0 bridgehead atoms. The van der Waals surface area contributed by atoms with Crippen molar-refractivity contribution in [1.82, 2.24) is 9.97 Å². The van der Waals surface area contributed by atoms with Gasteiger partial charge < -0.3 is 4.98 Å². The third-order valence-corrected chi connectivity index (χ3v) is 2.76. The van der Waals surface area contributed by atoms with Gasteiger partial charge in [0, 0.05) is 28.1 Å². The Bertz CT molecular complexity index is 554. The van der Waals surface area contributed by atoms with Gasteiger partial charge in [0.2, 0.25) is 0 Å². The van der Waals surface area contributed by atoms with Crippen LogP contribution < -0.4 is 0 Å². The van der Waals surface area contributed by atoms with E-state index in [1.54, 1.807) is 12.4 Å². The van der Waals surface area contributed by atoms with Crippen molar-refractivity contribution < 1.29 is 0 Å². The molecule has 0 radical (unpaired) electrons. The lowest BCUT2D eigenvalue weighted by Crippen LogP contribution is -1.65. The number of nitrogens with zero attached hydrogens (tertiary/aromatic N) is 1. The molecule has 0 aliphatic carbocycles. The van der Waals surface area contributed by atoms with E-state index >= 15 is 0 Å². The fourth-order valence-electron chi connectivity index (χ4n) is 1.56. The number of pyridine rings is 1. The van der Waals surface area contributed by atoms with Crippen molar-refractivity contribution in [3.63, 3.8) is 0 Å². The summed E-state index contributed by atoms with van der Waals surface area (Å²) in [5.41, 5.74) is 2.45. The van der Waals surface area contributed by atoms with E-state index in [0.29, 0.717) is 0 Å². The molecule has 0 atom stereocenters. The first-order chi connectivity index (χ1) is 8.25. The minimum absolute atomic E-state index is 1.02. The van der Waals surface area contributed by atoms with Crippen LogP contribution in [0.5, 0.6) is 0 Å². The zero-order chi connectivity index (χ0) is 12.1. The Kier molecular flexibility index (Phi) is 3.94. The van der Waals surface area contributed by atoms with Crippen LogP contribution in [0.15, 0.2) is 59.3 Å². The maximum atomic E-state index is 3.84. The van der Waals surface area contributed by atoms with Crippen LogP contribution in [0.2, 0.25) is 0 Å². The molecule has 3 aromatic rings. The lowest BCUT2D eigenvalue weighted by atomic mass is 10.2. The number of benzene rings is 1. The highest BCUT2D eigenvalue weighted by atomic mass is 79.9. The number of hydrogen-bond donors (Lipinski definition) is 1. The van der Waals surface area contributed by atoms with Crippen molar-refractivity contribution in [2.75, 3.05) is 0 Å². The number of para-hydroxylation sites is 1. The number of fused-ring (bicyclic) bond motifs is 1. The second-order valence-electron chi connectivity index (χ2n) is 3.71. The van der Waals surface area contributed by atoms with Crippen molar-refractivity contribution >= 4 is 26.8 Å². The number of aromatic amines is 1. The van der Waals surface area contributed by atoms with Crippen molar-refractivity contribution in [3.8, 4) is 0 Å². The Labute approximate surface area is 109 Å². The number of nitrogens with one attached hydrogen (secondary N) is 1. The molecule has 86 valence electrons. The van der Waals surface area contributed by atoms with Gasteiger partial charge in [-0.15, -0.1) is 0 Å². The quantitative estimate of drug-likeness (QED) is 0.656. The van der Waals surface area contributed by atoms with E-state index in [-0.39, 0.29) is 0 Å². The number of aryl methyl sites for hydroxylation is 1. The van der Waals surface area contributed by atoms with Gasteiger partial charge in [0.15, 0.2) is 0 Å². The molecule has 0 amide bonds. The molecule has 0 saturated carbocycles. The normalized spacial score (nSPS) is 9.76. The Morgan fingerprint density at radius 3 is 2.53 bits per heavy atom. The zero-order valence-corrected chi connectivity index (χ0v) is 11.1. The summed E-state index contributed by atoms with van der Waals surface area (Å²) in [7, 11) is 0. The van der Waals surface area contributed by atoms with Gasteiger partial charge >= 0.3 is 0 Å². The van der Waals surface area contributed by atoms with Crippen molar-refractivity contribution in [1.29, 1.82) is 0 Å². The van der Waals surface area contributed by atoms with Crippen molar-refractivity contribution in [2.45, 2.75) is 6.92 Å². The van der Waals surface area contributed by atoms with Crippen LogP contribution in [-0.4, -0.2) is 9.97 Å². The van der Waals surface area contributed by atoms with Gasteiger partial charge in [0.05, 0.1) is 0 Å². The first-order valence-electron chi connectivity index (χ1n) is 5.35. The number of rotatable bonds is 0. The van der Waals surface area contributed by atoms with E-state index in [4.69, 9.17) is 0 Å². The number of aromatic nitrogens is 2. The Hall–Kier alpha value is -1.61. The SMILES string of the molecule is Brc1cccnc1.Cc1cc2ccccc2[nH]1. The zero-order valence-electron chi connectivity index (χ0n) is 9.52. The molecule has 0 aliphatic rings. The highest BCUT2D eigenvalue weighted by molar-refractivity contribution is 9.10. The van der Waals surface area contributed by atoms with Crippen molar-refractivity contribution in [2.24, 2.45) is 0 Å². The average Bonchev–Trinajstić information content (AvgIpc) is 2.71. The van der Waals surface area contributed by atoms with Crippen LogP contribution >= 0.6 is 15.9 Å². The third-order valence-electron chi connectivity index (χ3n) is 2.29. The number of H-pyrrole nitrogens is 1. The second-order valence-corrected chi connectivity index (χ2v) is 4.63. The number of hydrogen-bond acceptors (Lipinski definition) is 1. The summed E-state index contributed by atoms with van der Waals surface area (Å²) in [5, 5.41) is 1.29. The monoisotopic (exact) mass is 288 g/mol. The molecule has 2 heterocycles. The highest BCUT2D eigenvalue weighted by Gasteiger charge is 1.92. The highest BCUT2D eigenvalue weighted by Crippen LogP contribution is 2.12. The molecular weight excluding hydrogens is 276 g/mol. The second kappa shape index (κ2) is 5.64. The lowest BCUT2D eigenvalue weighted by molar-refractivity contribution is 1.30. The molecule has 3 rings (SSSR count). The van der Waals surface area contributed by atoms with Crippen LogP contribution in [-0.2, 0) is 0 Å². The van der Waals surface area contributed by atoms with Gasteiger partial charge in [-0.05, 0) is 52.5 Å². The van der Waals surface area contributed by atoms with Gasteiger partial charge in [0.25, 0.3) is 0 Å². The topological polar surface area (TPSA) is 28.7 Å². The van der Waals surface area contributed by atoms with Crippen LogP contribution in [0.1, 0.15) is 5.69 Å². The average molecular weight is 289 g/mol. The summed E-state index contributed by atoms with van der Waals surface area (Å²) in [4.78, 5) is 7.10. The standard InChI is InChI=1S/C9H9N.C5H4BrN/c1-7-6-8-4-2-3-5-9(8)10-7;6-5-2-1-3-7-4-5/h2-6,10H,1H3;1-4H. The Morgan fingerprint density at radius 2 is 1.94 bits per heavy atom. The molecular formula is C14H13BrN2. The molecule has 0 fully saturated rings. The van der Waals surface area contributed by atoms with Crippen molar-refractivity contribution in [3.05, 3.63) is 65.0 Å². The first kappa shape index (κ1) is 11.9. The predicted molar refractivity (Wildman–Crippen MR) is 75.0 cm³/mol. The van der Waals surface area contributed by atoms with Crippen LogP contribution in [0, 0.1) is 6.92 Å². The summed E-state index contributed by atoms with van der Waals surface area (Å²) >= 11 is 3.25. The largest absolute Gasteiger partial charge is 0.359 e. The predicted octanol–water partition coefficient (Wildman–Crippen LogP) is 4.32. The summed E-state index contributed by atoms with van der Waals surface area (Å²) in [6.45, 7) is 2.07. The van der Waals surface area contributed by atoms with Gasteiger partial charge in [-0.3, -0.25) is 4.98 Å². The molecule has 2 aromatic heterocycles. The molecule has 0 unspecified atom stereocenters. The van der Waals surface area contributed by atoms with E-state index in [0.717, 1.165) is 4.47 Å². The van der Waals surface area contributed by atoms with Gasteiger partial charge in [0.1, 0.15) is 0 Å². The Balaban J connectivity index is 0.000000136. The first-order valence-corrected chi connectivity index (χ1v) is 6.15. The van der Waals surface area contributed by atoms with E-state index < -0.39 is 0 Å². The molecule has 0 spiro atoms. The van der Waals surface area contributed by atoms with E-state index in [1.165, 1.54) is 16.6 Å².